The van der Waals surface area contributed by atoms with Gasteiger partial charge in [-0.1, -0.05) is 11.3 Å². The molecule has 21 heavy (non-hydrogen) atoms. The van der Waals surface area contributed by atoms with E-state index in [0.29, 0.717) is 23.8 Å². The maximum atomic E-state index is 12.1. The van der Waals surface area contributed by atoms with Gasteiger partial charge in [0, 0.05) is 46.4 Å². The van der Waals surface area contributed by atoms with Crippen molar-refractivity contribution in [3.63, 3.8) is 0 Å². The molecule has 4 N–H and O–H groups in total. The summed E-state index contributed by atoms with van der Waals surface area (Å²) in [5, 5.41) is 7.00. The van der Waals surface area contributed by atoms with E-state index in [2.05, 4.69) is 20.5 Å². The number of nitrogens with two attached hydrogens (primary N) is 1. The van der Waals surface area contributed by atoms with Crippen LogP contribution in [0.2, 0.25) is 0 Å². The van der Waals surface area contributed by atoms with E-state index < -0.39 is 0 Å². The number of amides is 1. The van der Waals surface area contributed by atoms with E-state index in [0.717, 1.165) is 44.2 Å². The molecule has 1 amide bonds. The molecule has 0 unspecified atom stereocenters. The van der Waals surface area contributed by atoms with Crippen LogP contribution in [0.3, 0.4) is 0 Å². The number of thiazole rings is 1. The Bertz CT molecular complexity index is 459. The van der Waals surface area contributed by atoms with Crippen LogP contribution in [0.4, 0.5) is 10.9 Å². The molecule has 0 atom stereocenters. The van der Waals surface area contributed by atoms with Crippen molar-refractivity contribution in [1.29, 1.82) is 0 Å². The minimum Gasteiger partial charge on any atom is -0.385 e. The van der Waals surface area contributed by atoms with E-state index in [1.807, 2.05) is 0 Å². The summed E-state index contributed by atoms with van der Waals surface area (Å²) in [4.78, 5) is 19.1. The number of unbranched alkanes of at least 4 members (excludes halogenated alkanes) is 1. The zero-order valence-electron chi connectivity index (χ0n) is 12.4. The Kier molecular flexibility index (Phi) is 6.21. The SMILES string of the molecule is COCCCCNC(=O)c1sc(N2CCNCC2)nc1N. The summed E-state index contributed by atoms with van der Waals surface area (Å²) in [6.45, 7) is 4.99. The number of methoxy groups -OCH3 is 1. The van der Waals surface area contributed by atoms with Gasteiger partial charge in [0.2, 0.25) is 0 Å². The van der Waals surface area contributed by atoms with E-state index in [1.54, 1.807) is 7.11 Å². The topological polar surface area (TPSA) is 92.5 Å². The van der Waals surface area contributed by atoms with Gasteiger partial charge in [-0.05, 0) is 12.8 Å². The normalized spacial score (nSPS) is 15.2. The summed E-state index contributed by atoms with van der Waals surface area (Å²) in [5.41, 5.74) is 5.88. The Labute approximate surface area is 128 Å². The van der Waals surface area contributed by atoms with E-state index in [4.69, 9.17) is 10.5 Å². The second-order valence-electron chi connectivity index (χ2n) is 4.90. The van der Waals surface area contributed by atoms with Crippen LogP contribution in [0.25, 0.3) is 0 Å². The highest BCUT2D eigenvalue weighted by molar-refractivity contribution is 7.18. The number of aromatic nitrogens is 1. The highest BCUT2D eigenvalue weighted by Gasteiger charge is 2.20. The molecule has 1 fully saturated rings. The summed E-state index contributed by atoms with van der Waals surface area (Å²) in [6, 6.07) is 0. The number of anilines is 2. The fourth-order valence-electron chi connectivity index (χ4n) is 2.13. The van der Waals surface area contributed by atoms with E-state index >= 15 is 0 Å². The number of piperazine rings is 1. The third-order valence-electron chi connectivity index (χ3n) is 3.30. The van der Waals surface area contributed by atoms with Crippen LogP contribution < -0.4 is 21.3 Å². The molecule has 1 aliphatic heterocycles. The summed E-state index contributed by atoms with van der Waals surface area (Å²) in [7, 11) is 1.67. The molecule has 7 nitrogen and oxygen atoms in total. The van der Waals surface area contributed by atoms with E-state index in [-0.39, 0.29) is 5.91 Å². The molecule has 118 valence electrons. The lowest BCUT2D eigenvalue weighted by Gasteiger charge is -2.26. The maximum Gasteiger partial charge on any atom is 0.265 e. The predicted molar refractivity (Wildman–Crippen MR) is 85.1 cm³/mol. The predicted octanol–water partition coefficient (Wildman–Crippen LogP) is 0.291. The summed E-state index contributed by atoms with van der Waals surface area (Å²) < 4.78 is 4.97. The first-order chi connectivity index (χ1) is 10.2. The minimum atomic E-state index is -0.135. The van der Waals surface area contributed by atoms with Gasteiger partial charge >= 0.3 is 0 Å². The van der Waals surface area contributed by atoms with Crippen molar-refractivity contribution >= 4 is 28.2 Å². The molecular formula is C13H23N5O2S. The number of nitrogens with one attached hydrogen (secondary N) is 2. The molecule has 1 aromatic heterocycles. The molecule has 0 radical (unpaired) electrons. The maximum absolute atomic E-state index is 12.1. The third kappa shape index (κ3) is 4.55. The molecule has 0 aromatic carbocycles. The standard InChI is InChI=1S/C13H23N5O2S/c1-20-9-3-2-4-16-12(19)10-11(14)17-13(21-10)18-7-5-15-6-8-18/h15H,2-9,14H2,1H3,(H,16,19). The number of carbonyl (C=O) groups is 1. The van der Waals surface area contributed by atoms with Crippen LogP contribution in [0.15, 0.2) is 0 Å². The average Bonchev–Trinajstić information content (AvgIpc) is 2.90. The number of nitrogens with zero attached hydrogens (tertiary/aromatic N) is 2. The van der Waals surface area contributed by atoms with Crippen LogP contribution in [0.5, 0.6) is 0 Å². The van der Waals surface area contributed by atoms with Gasteiger partial charge in [-0.25, -0.2) is 4.98 Å². The molecule has 0 aliphatic carbocycles. The smallest absolute Gasteiger partial charge is 0.265 e. The first-order valence-electron chi connectivity index (χ1n) is 7.21. The van der Waals surface area contributed by atoms with Crippen LogP contribution in [0, 0.1) is 0 Å². The van der Waals surface area contributed by atoms with Crippen molar-refractivity contribution in [2.45, 2.75) is 12.8 Å². The summed E-state index contributed by atoms with van der Waals surface area (Å²) >= 11 is 1.37. The molecule has 2 rings (SSSR count). The Morgan fingerprint density at radius 1 is 1.48 bits per heavy atom. The highest BCUT2D eigenvalue weighted by Crippen LogP contribution is 2.28. The molecule has 1 aromatic rings. The van der Waals surface area contributed by atoms with Crippen LogP contribution in [-0.4, -0.2) is 57.3 Å². The van der Waals surface area contributed by atoms with Crippen molar-refractivity contribution in [2.75, 3.05) is 57.1 Å². The van der Waals surface area contributed by atoms with Crippen LogP contribution >= 0.6 is 11.3 Å². The molecule has 0 bridgehead atoms. The average molecular weight is 313 g/mol. The number of rotatable bonds is 7. The van der Waals surface area contributed by atoms with Gasteiger partial charge in [-0.2, -0.15) is 0 Å². The lowest BCUT2D eigenvalue weighted by Crippen LogP contribution is -2.43. The fourth-order valence-corrected chi connectivity index (χ4v) is 3.08. The molecule has 8 heteroatoms. The Balaban J connectivity index is 1.87. The Morgan fingerprint density at radius 2 is 2.24 bits per heavy atom. The van der Waals surface area contributed by atoms with Gasteiger partial charge in [0.15, 0.2) is 5.13 Å². The van der Waals surface area contributed by atoms with Crippen LogP contribution in [-0.2, 0) is 4.74 Å². The Hall–Kier alpha value is -1.38. The second-order valence-corrected chi connectivity index (χ2v) is 5.88. The number of ether oxygens (including phenoxy) is 1. The highest BCUT2D eigenvalue weighted by atomic mass is 32.1. The van der Waals surface area contributed by atoms with Crippen molar-refractivity contribution in [2.24, 2.45) is 0 Å². The first kappa shape index (κ1) is 16.0. The molecular weight excluding hydrogens is 290 g/mol. The third-order valence-corrected chi connectivity index (χ3v) is 4.43. The molecule has 2 heterocycles. The number of hydrogen-bond acceptors (Lipinski definition) is 7. The monoisotopic (exact) mass is 313 g/mol. The van der Waals surface area contributed by atoms with Gasteiger partial charge in [0.05, 0.1) is 0 Å². The van der Waals surface area contributed by atoms with Crippen molar-refractivity contribution in [3.8, 4) is 0 Å². The van der Waals surface area contributed by atoms with Crippen molar-refractivity contribution in [3.05, 3.63) is 4.88 Å². The molecule has 1 saturated heterocycles. The quantitative estimate of drug-likeness (QED) is 0.627. The molecule has 1 aliphatic rings. The van der Waals surface area contributed by atoms with E-state index in [9.17, 15) is 4.79 Å². The van der Waals surface area contributed by atoms with Gasteiger partial charge in [-0.3, -0.25) is 4.79 Å². The summed E-state index contributed by atoms with van der Waals surface area (Å²) in [5.74, 6) is 0.187. The van der Waals surface area contributed by atoms with Crippen molar-refractivity contribution in [1.82, 2.24) is 15.6 Å². The minimum absolute atomic E-state index is 0.135. The van der Waals surface area contributed by atoms with Gasteiger partial charge in [0.25, 0.3) is 5.91 Å². The second kappa shape index (κ2) is 8.16. The van der Waals surface area contributed by atoms with Gasteiger partial charge < -0.3 is 26.0 Å². The van der Waals surface area contributed by atoms with Gasteiger partial charge in [-0.15, -0.1) is 0 Å². The lowest BCUT2D eigenvalue weighted by molar-refractivity contribution is 0.0956. The lowest BCUT2D eigenvalue weighted by atomic mass is 10.3. The molecule has 0 saturated carbocycles. The summed E-state index contributed by atoms with van der Waals surface area (Å²) in [6.07, 6.45) is 1.82. The number of nitrogen functional groups attached to an aromatic ring is 1. The molecule has 0 spiro atoms. The number of carbonyl (C=O) groups excluding carboxylic acids is 1. The van der Waals surface area contributed by atoms with Crippen molar-refractivity contribution < 1.29 is 9.53 Å². The van der Waals surface area contributed by atoms with E-state index in [1.165, 1.54) is 11.3 Å². The zero-order chi connectivity index (χ0) is 15.1. The number of hydrogen-bond donors (Lipinski definition) is 3. The largest absolute Gasteiger partial charge is 0.385 e. The van der Waals surface area contributed by atoms with Crippen LogP contribution in [0.1, 0.15) is 22.5 Å². The zero-order valence-corrected chi connectivity index (χ0v) is 13.2. The first-order valence-corrected chi connectivity index (χ1v) is 8.03. The van der Waals surface area contributed by atoms with Gasteiger partial charge in [0.1, 0.15) is 10.7 Å². The fraction of sp³-hybridized carbons (Fsp3) is 0.692. The Morgan fingerprint density at radius 3 is 2.95 bits per heavy atom.